The molecule has 0 aliphatic rings. The van der Waals surface area contributed by atoms with Crippen molar-refractivity contribution in [3.8, 4) is 6.07 Å². The molecule has 0 aliphatic heterocycles. The molecule has 2 aromatic carbocycles. The molecule has 0 atom stereocenters. The van der Waals surface area contributed by atoms with Gasteiger partial charge in [0, 0.05) is 13.1 Å². The fraction of sp³-hybridized carbons (Fsp3) is 0.381. The number of benzene rings is 2. The molecule has 0 spiro atoms. The smallest absolute Gasteiger partial charge is 0.0991 e. The van der Waals surface area contributed by atoms with E-state index in [0.29, 0.717) is 18.7 Å². The maximum atomic E-state index is 10.2. The molecule has 0 unspecified atom stereocenters. The summed E-state index contributed by atoms with van der Waals surface area (Å²) in [6.07, 6.45) is 1.90. The van der Waals surface area contributed by atoms with Gasteiger partial charge in [-0.15, -0.1) is 0 Å². The molecular weight excluding hydrogens is 296 g/mol. The van der Waals surface area contributed by atoms with Gasteiger partial charge < -0.3 is 5.21 Å². The lowest BCUT2D eigenvalue weighted by atomic mass is 9.81. The fourth-order valence-corrected chi connectivity index (χ4v) is 2.87. The molecule has 0 aliphatic carbocycles. The van der Waals surface area contributed by atoms with Crippen LogP contribution in [0.1, 0.15) is 42.5 Å². The zero-order chi connectivity index (χ0) is 17.6. The van der Waals surface area contributed by atoms with Crippen molar-refractivity contribution in [2.75, 3.05) is 6.54 Å². The van der Waals surface area contributed by atoms with Crippen molar-refractivity contribution in [3.05, 3.63) is 70.8 Å². The van der Waals surface area contributed by atoms with Gasteiger partial charge in [0.1, 0.15) is 0 Å². The van der Waals surface area contributed by atoms with Crippen molar-refractivity contribution < 1.29 is 5.21 Å². The van der Waals surface area contributed by atoms with Crippen LogP contribution in [0.5, 0.6) is 0 Å². The Balaban J connectivity index is 1.89. The van der Waals surface area contributed by atoms with Crippen molar-refractivity contribution in [3.63, 3.8) is 0 Å². The quantitative estimate of drug-likeness (QED) is 0.751. The van der Waals surface area contributed by atoms with Crippen LogP contribution >= 0.6 is 0 Å². The number of nitriles is 1. The predicted octanol–water partition coefficient (Wildman–Crippen LogP) is 4.72. The van der Waals surface area contributed by atoms with Crippen LogP contribution in [-0.2, 0) is 13.0 Å². The summed E-state index contributed by atoms with van der Waals surface area (Å²) in [6, 6.07) is 18.0. The first-order chi connectivity index (χ1) is 11.4. The fourth-order valence-electron chi connectivity index (χ4n) is 2.87. The van der Waals surface area contributed by atoms with Crippen LogP contribution in [0, 0.1) is 23.7 Å². The van der Waals surface area contributed by atoms with E-state index < -0.39 is 0 Å². The minimum atomic E-state index is 0.113. The van der Waals surface area contributed by atoms with Gasteiger partial charge in [-0.25, -0.2) is 0 Å². The molecular formula is C21H26N2O. The summed E-state index contributed by atoms with van der Waals surface area (Å²) in [6.45, 7) is 7.67. The van der Waals surface area contributed by atoms with Crippen molar-refractivity contribution in [1.29, 1.82) is 5.26 Å². The van der Waals surface area contributed by atoms with Crippen molar-refractivity contribution in [1.82, 2.24) is 5.06 Å². The lowest BCUT2D eigenvalue weighted by Gasteiger charge is -2.27. The Kier molecular flexibility index (Phi) is 6.14. The van der Waals surface area contributed by atoms with Crippen LogP contribution in [0.25, 0.3) is 0 Å². The molecule has 0 aromatic heterocycles. The van der Waals surface area contributed by atoms with Gasteiger partial charge >= 0.3 is 0 Å². The largest absolute Gasteiger partial charge is 0.314 e. The van der Waals surface area contributed by atoms with Gasteiger partial charge in [0.15, 0.2) is 0 Å². The first kappa shape index (κ1) is 18.2. The first-order valence-electron chi connectivity index (χ1n) is 8.37. The second-order valence-corrected chi connectivity index (χ2v) is 7.22. The number of nitrogens with zero attached hydrogens (tertiary/aromatic N) is 2. The third-order valence-electron chi connectivity index (χ3n) is 4.40. The predicted molar refractivity (Wildman–Crippen MR) is 96.6 cm³/mol. The third-order valence-corrected chi connectivity index (χ3v) is 4.40. The molecule has 126 valence electrons. The van der Waals surface area contributed by atoms with E-state index in [1.54, 1.807) is 6.07 Å². The van der Waals surface area contributed by atoms with Crippen LogP contribution < -0.4 is 0 Å². The average Bonchev–Trinajstić information content (AvgIpc) is 2.55. The van der Waals surface area contributed by atoms with E-state index in [9.17, 15) is 5.21 Å². The zero-order valence-corrected chi connectivity index (χ0v) is 14.8. The lowest BCUT2D eigenvalue weighted by molar-refractivity contribution is -0.105. The number of hydroxylamine groups is 2. The first-order valence-corrected chi connectivity index (χ1v) is 8.37. The summed E-state index contributed by atoms with van der Waals surface area (Å²) < 4.78 is 0. The van der Waals surface area contributed by atoms with Crippen molar-refractivity contribution in [2.45, 2.75) is 40.2 Å². The zero-order valence-electron chi connectivity index (χ0n) is 14.8. The maximum absolute atomic E-state index is 10.2. The summed E-state index contributed by atoms with van der Waals surface area (Å²) in [7, 11) is 0. The highest BCUT2D eigenvalue weighted by Crippen LogP contribution is 2.27. The molecule has 3 heteroatoms. The normalized spacial score (nSPS) is 11.5. The van der Waals surface area contributed by atoms with Gasteiger partial charge in [0.25, 0.3) is 0 Å². The summed E-state index contributed by atoms with van der Waals surface area (Å²) in [4.78, 5) is 0. The van der Waals surface area contributed by atoms with Crippen molar-refractivity contribution in [2.24, 2.45) is 5.41 Å². The van der Waals surface area contributed by atoms with Gasteiger partial charge in [0.2, 0.25) is 0 Å². The lowest BCUT2D eigenvalue weighted by Crippen LogP contribution is -2.26. The maximum Gasteiger partial charge on any atom is 0.0991 e. The molecule has 2 aromatic rings. The van der Waals surface area contributed by atoms with Gasteiger partial charge in [-0.2, -0.15) is 10.3 Å². The molecule has 0 bridgehead atoms. The molecule has 0 amide bonds. The van der Waals surface area contributed by atoms with Gasteiger partial charge in [-0.05, 0) is 54.0 Å². The highest BCUT2D eigenvalue weighted by atomic mass is 16.5. The summed E-state index contributed by atoms with van der Waals surface area (Å²) in [5, 5.41) is 20.5. The van der Waals surface area contributed by atoms with E-state index in [4.69, 9.17) is 5.26 Å². The Morgan fingerprint density at radius 2 is 1.88 bits per heavy atom. The monoisotopic (exact) mass is 322 g/mol. The van der Waals surface area contributed by atoms with E-state index in [-0.39, 0.29) is 5.41 Å². The highest BCUT2D eigenvalue weighted by molar-refractivity contribution is 5.32. The van der Waals surface area contributed by atoms with Gasteiger partial charge in [0.05, 0.1) is 11.6 Å². The standard InChI is InChI=1S/C21H26N2O/c1-17-7-4-5-10-20(17)14-21(2,3)11-12-23(24)16-19-9-6-8-18(13-19)15-22/h4-10,13,24H,11-12,14,16H2,1-3H3. The SMILES string of the molecule is Cc1ccccc1CC(C)(C)CCN(O)Cc1cccc(C#N)c1. The Labute approximate surface area is 145 Å². The number of hydrogen-bond acceptors (Lipinski definition) is 3. The molecule has 0 saturated carbocycles. The highest BCUT2D eigenvalue weighted by Gasteiger charge is 2.20. The third kappa shape index (κ3) is 5.49. The Morgan fingerprint density at radius 3 is 2.58 bits per heavy atom. The molecule has 0 heterocycles. The van der Waals surface area contributed by atoms with Crippen LogP contribution in [0.2, 0.25) is 0 Å². The summed E-state index contributed by atoms with van der Waals surface area (Å²) in [5.41, 5.74) is 4.38. The Bertz CT molecular complexity index is 716. The second-order valence-electron chi connectivity index (χ2n) is 7.22. The van der Waals surface area contributed by atoms with E-state index in [1.807, 2.05) is 18.2 Å². The van der Waals surface area contributed by atoms with E-state index in [0.717, 1.165) is 18.4 Å². The molecule has 0 radical (unpaired) electrons. The number of hydrogen-bond donors (Lipinski definition) is 1. The average molecular weight is 322 g/mol. The van der Waals surface area contributed by atoms with Gasteiger partial charge in [-0.3, -0.25) is 0 Å². The summed E-state index contributed by atoms with van der Waals surface area (Å²) >= 11 is 0. The van der Waals surface area contributed by atoms with Gasteiger partial charge in [-0.1, -0.05) is 50.2 Å². The number of aryl methyl sites for hydroxylation is 1. The minimum Gasteiger partial charge on any atom is -0.314 e. The molecule has 0 saturated heterocycles. The molecule has 1 N–H and O–H groups in total. The van der Waals surface area contributed by atoms with E-state index in [2.05, 4.69) is 51.1 Å². The Hall–Kier alpha value is -2.15. The molecule has 2 rings (SSSR count). The van der Waals surface area contributed by atoms with Crippen molar-refractivity contribution >= 4 is 0 Å². The molecule has 0 fully saturated rings. The van der Waals surface area contributed by atoms with E-state index in [1.165, 1.54) is 16.2 Å². The molecule has 3 nitrogen and oxygen atoms in total. The van der Waals surface area contributed by atoms with Crippen LogP contribution in [0.15, 0.2) is 48.5 Å². The molecule has 24 heavy (non-hydrogen) atoms. The number of rotatable bonds is 7. The Morgan fingerprint density at radius 1 is 1.12 bits per heavy atom. The van der Waals surface area contributed by atoms with E-state index >= 15 is 0 Å². The van der Waals surface area contributed by atoms with Crippen LogP contribution in [0.3, 0.4) is 0 Å². The van der Waals surface area contributed by atoms with Crippen LogP contribution in [0.4, 0.5) is 0 Å². The van der Waals surface area contributed by atoms with Crippen LogP contribution in [-0.4, -0.2) is 16.8 Å². The second kappa shape index (κ2) is 8.10. The summed E-state index contributed by atoms with van der Waals surface area (Å²) in [5.74, 6) is 0. The minimum absolute atomic E-state index is 0.113. The topological polar surface area (TPSA) is 47.3 Å².